The molecule has 2 saturated heterocycles. The van der Waals surface area contributed by atoms with Crippen molar-refractivity contribution in [3.8, 4) is 0 Å². The number of hydrogen-bond acceptors (Lipinski definition) is 4. The van der Waals surface area contributed by atoms with Crippen LogP contribution in [0.3, 0.4) is 0 Å². The maximum absolute atomic E-state index is 12.5. The number of carbonyl (C=O) groups is 1. The summed E-state index contributed by atoms with van der Waals surface area (Å²) in [6.07, 6.45) is 13.2. The van der Waals surface area contributed by atoms with E-state index in [9.17, 15) is 4.79 Å². The Balaban J connectivity index is 1.33. The van der Waals surface area contributed by atoms with Gasteiger partial charge in [-0.25, -0.2) is 4.98 Å². The molecule has 0 aliphatic carbocycles. The first kappa shape index (κ1) is 17.2. The molecule has 0 N–H and O–H groups in total. The smallest absolute Gasteiger partial charge is 0.222 e. The number of aryl methyl sites for hydroxylation is 1. The van der Waals surface area contributed by atoms with E-state index in [2.05, 4.69) is 30.4 Å². The summed E-state index contributed by atoms with van der Waals surface area (Å²) in [6.45, 7) is 4.90. The maximum atomic E-state index is 12.5. The van der Waals surface area contributed by atoms with E-state index in [0.29, 0.717) is 24.3 Å². The molecular weight excluding hydrogens is 326 g/mol. The van der Waals surface area contributed by atoms with Gasteiger partial charge in [-0.3, -0.25) is 14.7 Å². The lowest BCUT2D eigenvalue weighted by Gasteiger charge is -2.47. The quantitative estimate of drug-likeness (QED) is 0.799. The molecule has 26 heavy (non-hydrogen) atoms. The first-order chi connectivity index (χ1) is 12.8. The van der Waals surface area contributed by atoms with Gasteiger partial charge in [-0.1, -0.05) is 6.07 Å². The van der Waals surface area contributed by atoms with E-state index in [4.69, 9.17) is 0 Å². The van der Waals surface area contributed by atoms with Crippen molar-refractivity contribution >= 4 is 5.91 Å². The van der Waals surface area contributed by atoms with E-state index in [-0.39, 0.29) is 0 Å². The van der Waals surface area contributed by atoms with Crippen molar-refractivity contribution in [3.05, 3.63) is 48.8 Å². The van der Waals surface area contributed by atoms with Crippen LogP contribution in [-0.2, 0) is 17.9 Å². The van der Waals surface area contributed by atoms with Crippen LogP contribution >= 0.6 is 0 Å². The predicted octanol–water partition coefficient (Wildman–Crippen LogP) is 2.18. The van der Waals surface area contributed by atoms with E-state index in [1.54, 1.807) is 6.20 Å². The summed E-state index contributed by atoms with van der Waals surface area (Å²) >= 11 is 0. The molecule has 0 saturated carbocycles. The average molecular weight is 353 g/mol. The molecule has 1 amide bonds. The Hall–Kier alpha value is -2.21. The highest BCUT2D eigenvalue weighted by atomic mass is 16.2. The van der Waals surface area contributed by atoms with Crippen LogP contribution in [0, 0.1) is 5.92 Å². The van der Waals surface area contributed by atoms with Gasteiger partial charge in [0.2, 0.25) is 5.91 Å². The van der Waals surface area contributed by atoms with Gasteiger partial charge in [-0.15, -0.1) is 0 Å². The lowest BCUT2D eigenvalue weighted by atomic mass is 9.83. The average Bonchev–Trinajstić information content (AvgIpc) is 3.18. The second-order valence-corrected chi connectivity index (χ2v) is 7.49. The number of fused-ring (bicyclic) bond motifs is 1. The zero-order valence-corrected chi connectivity index (χ0v) is 15.2. The standard InChI is InChI=1S/C20H27N5O/c26-20-5-4-18-15-24(14-17-3-1-7-21-13-17)11-6-19(18)25(20)10-2-9-23-12-8-22-16-23/h1,3,7-8,12-13,16,18-19H,2,4-6,9-11,14-15H2/t18-,19+/m1/s1. The Morgan fingerprint density at radius 3 is 2.92 bits per heavy atom. The number of likely N-dealkylation sites (tertiary alicyclic amines) is 2. The van der Waals surface area contributed by atoms with E-state index in [1.165, 1.54) is 5.56 Å². The highest BCUT2D eigenvalue weighted by Crippen LogP contribution is 2.32. The molecule has 2 aliphatic rings. The molecule has 0 radical (unpaired) electrons. The summed E-state index contributed by atoms with van der Waals surface area (Å²) in [5.74, 6) is 0.948. The zero-order chi connectivity index (χ0) is 17.8. The number of amides is 1. The minimum absolute atomic E-state index is 0.345. The number of carbonyl (C=O) groups excluding carboxylic acids is 1. The second kappa shape index (κ2) is 7.99. The van der Waals surface area contributed by atoms with Gasteiger partial charge in [0, 0.05) is 70.0 Å². The summed E-state index contributed by atoms with van der Waals surface area (Å²) < 4.78 is 2.09. The second-order valence-electron chi connectivity index (χ2n) is 7.49. The number of imidazole rings is 1. The van der Waals surface area contributed by atoms with Crippen molar-refractivity contribution in [2.24, 2.45) is 5.92 Å². The number of pyridine rings is 1. The molecule has 2 fully saturated rings. The minimum Gasteiger partial charge on any atom is -0.339 e. The van der Waals surface area contributed by atoms with Crippen molar-refractivity contribution < 1.29 is 4.79 Å². The molecule has 0 unspecified atom stereocenters. The van der Waals surface area contributed by atoms with Crippen LogP contribution in [0.25, 0.3) is 0 Å². The lowest BCUT2D eigenvalue weighted by Crippen LogP contribution is -2.56. The molecular formula is C20H27N5O. The van der Waals surface area contributed by atoms with E-state index >= 15 is 0 Å². The molecule has 2 aromatic heterocycles. The minimum atomic E-state index is 0.345. The largest absolute Gasteiger partial charge is 0.339 e. The van der Waals surface area contributed by atoms with Crippen LogP contribution < -0.4 is 0 Å². The Kier molecular flexibility index (Phi) is 5.29. The molecule has 0 aromatic carbocycles. The summed E-state index contributed by atoms with van der Waals surface area (Å²) in [4.78, 5) is 25.5. The first-order valence-electron chi connectivity index (χ1n) is 9.66. The molecule has 6 heteroatoms. The fraction of sp³-hybridized carbons (Fsp3) is 0.550. The van der Waals surface area contributed by atoms with Crippen LogP contribution in [0.5, 0.6) is 0 Å². The van der Waals surface area contributed by atoms with Crippen LogP contribution in [0.2, 0.25) is 0 Å². The normalized spacial score (nSPS) is 23.8. The van der Waals surface area contributed by atoms with Gasteiger partial charge in [-0.05, 0) is 36.8 Å². The highest BCUT2D eigenvalue weighted by Gasteiger charge is 2.38. The number of rotatable bonds is 6. The SMILES string of the molecule is O=C1CC[C@@H]2CN(Cc3cccnc3)CC[C@@H]2N1CCCn1ccnc1. The fourth-order valence-electron chi connectivity index (χ4n) is 4.45. The summed E-state index contributed by atoms with van der Waals surface area (Å²) in [6, 6.07) is 4.57. The van der Waals surface area contributed by atoms with E-state index in [1.807, 2.05) is 31.0 Å². The number of hydrogen-bond donors (Lipinski definition) is 0. The molecule has 0 bridgehead atoms. The van der Waals surface area contributed by atoms with Crippen LogP contribution in [0.1, 0.15) is 31.2 Å². The predicted molar refractivity (Wildman–Crippen MR) is 99.2 cm³/mol. The van der Waals surface area contributed by atoms with Gasteiger partial charge in [0.25, 0.3) is 0 Å². The van der Waals surface area contributed by atoms with Crippen molar-refractivity contribution in [1.29, 1.82) is 0 Å². The van der Waals surface area contributed by atoms with Gasteiger partial charge >= 0.3 is 0 Å². The maximum Gasteiger partial charge on any atom is 0.222 e. The van der Waals surface area contributed by atoms with Gasteiger partial charge in [0.15, 0.2) is 0 Å². The van der Waals surface area contributed by atoms with E-state index in [0.717, 1.165) is 52.0 Å². The zero-order valence-electron chi connectivity index (χ0n) is 15.2. The Morgan fingerprint density at radius 1 is 1.15 bits per heavy atom. The number of piperidine rings is 2. The van der Waals surface area contributed by atoms with E-state index < -0.39 is 0 Å². The molecule has 4 rings (SSSR count). The highest BCUT2D eigenvalue weighted by molar-refractivity contribution is 5.77. The van der Waals surface area contributed by atoms with Crippen molar-refractivity contribution in [2.45, 2.75) is 44.8 Å². The number of nitrogens with zero attached hydrogens (tertiary/aromatic N) is 5. The third kappa shape index (κ3) is 3.96. The van der Waals surface area contributed by atoms with Crippen molar-refractivity contribution in [2.75, 3.05) is 19.6 Å². The molecule has 6 nitrogen and oxygen atoms in total. The van der Waals surface area contributed by atoms with Gasteiger partial charge in [0.1, 0.15) is 0 Å². The Bertz CT molecular complexity index is 702. The molecule has 4 heterocycles. The molecule has 0 spiro atoms. The monoisotopic (exact) mass is 353 g/mol. The van der Waals surface area contributed by atoms with Crippen molar-refractivity contribution in [1.82, 2.24) is 24.3 Å². The Labute approximate surface area is 154 Å². The summed E-state index contributed by atoms with van der Waals surface area (Å²) in [7, 11) is 0. The molecule has 2 aromatic rings. The van der Waals surface area contributed by atoms with Gasteiger partial charge in [0.05, 0.1) is 6.33 Å². The molecule has 2 atom stereocenters. The third-order valence-corrected chi connectivity index (χ3v) is 5.73. The topological polar surface area (TPSA) is 54.3 Å². The van der Waals surface area contributed by atoms with Crippen LogP contribution in [0.4, 0.5) is 0 Å². The van der Waals surface area contributed by atoms with Gasteiger partial charge in [-0.2, -0.15) is 0 Å². The van der Waals surface area contributed by atoms with Crippen LogP contribution in [0.15, 0.2) is 43.2 Å². The summed E-state index contributed by atoms with van der Waals surface area (Å²) in [5, 5.41) is 0. The van der Waals surface area contributed by atoms with Crippen LogP contribution in [-0.4, -0.2) is 55.9 Å². The third-order valence-electron chi connectivity index (χ3n) is 5.73. The molecule has 2 aliphatic heterocycles. The Morgan fingerprint density at radius 2 is 2.12 bits per heavy atom. The lowest BCUT2D eigenvalue weighted by molar-refractivity contribution is -0.141. The fourth-order valence-corrected chi connectivity index (χ4v) is 4.45. The number of aromatic nitrogens is 3. The van der Waals surface area contributed by atoms with Gasteiger partial charge < -0.3 is 9.47 Å². The summed E-state index contributed by atoms with van der Waals surface area (Å²) in [5.41, 5.74) is 1.27. The molecule has 138 valence electrons. The van der Waals surface area contributed by atoms with Crippen molar-refractivity contribution in [3.63, 3.8) is 0 Å². The first-order valence-corrected chi connectivity index (χ1v) is 9.66.